The first kappa shape index (κ1) is 21.9. The summed E-state index contributed by atoms with van der Waals surface area (Å²) in [5.74, 6) is -0.360. The molecule has 1 unspecified atom stereocenters. The van der Waals surface area contributed by atoms with E-state index in [1.54, 1.807) is 10.6 Å². The monoisotopic (exact) mass is 427 g/mol. The van der Waals surface area contributed by atoms with E-state index in [1.165, 1.54) is 18.5 Å². The predicted molar refractivity (Wildman–Crippen MR) is 106 cm³/mol. The van der Waals surface area contributed by atoms with Gasteiger partial charge in [-0.05, 0) is 31.4 Å². The number of hydrogen-bond acceptors (Lipinski definition) is 5. The lowest BCUT2D eigenvalue weighted by Crippen LogP contribution is -2.47. The highest BCUT2D eigenvalue weighted by atomic mass is 32.2. The van der Waals surface area contributed by atoms with Crippen LogP contribution in [0.15, 0.2) is 18.5 Å². The molecule has 1 atom stereocenters. The summed E-state index contributed by atoms with van der Waals surface area (Å²) in [5, 5.41) is 9.93. The van der Waals surface area contributed by atoms with Crippen LogP contribution < -0.4 is 5.32 Å². The van der Waals surface area contributed by atoms with Crippen LogP contribution in [0.2, 0.25) is 0 Å². The summed E-state index contributed by atoms with van der Waals surface area (Å²) in [6.07, 6.45) is 4.75. The number of rotatable bonds is 9. The first-order valence-corrected chi connectivity index (χ1v) is 11.2. The highest BCUT2D eigenvalue weighted by molar-refractivity contribution is 7.81. The first-order chi connectivity index (χ1) is 13.9. The van der Waals surface area contributed by atoms with E-state index >= 15 is 4.39 Å². The SMILES string of the molecule is CCCN(Cc1cc(F)c(C2(NCc3ncn[nH]3)CCOCC2)cc1F)S(C)=O. The van der Waals surface area contributed by atoms with E-state index in [1.807, 2.05) is 6.92 Å². The molecule has 0 amide bonds. The van der Waals surface area contributed by atoms with Crippen LogP contribution in [-0.2, 0) is 34.4 Å². The van der Waals surface area contributed by atoms with Crippen LogP contribution in [0.4, 0.5) is 8.78 Å². The topological polar surface area (TPSA) is 83.1 Å². The number of nitrogens with one attached hydrogen (secondary N) is 2. The highest BCUT2D eigenvalue weighted by Crippen LogP contribution is 2.35. The van der Waals surface area contributed by atoms with Gasteiger partial charge in [0.2, 0.25) is 0 Å². The number of aromatic amines is 1. The van der Waals surface area contributed by atoms with Gasteiger partial charge >= 0.3 is 0 Å². The molecule has 3 rings (SSSR count). The first-order valence-electron chi connectivity index (χ1n) is 9.69. The lowest BCUT2D eigenvalue weighted by molar-refractivity contribution is 0.0339. The van der Waals surface area contributed by atoms with Gasteiger partial charge in [0.05, 0.1) is 23.1 Å². The minimum atomic E-state index is -1.26. The third-order valence-electron chi connectivity index (χ3n) is 5.24. The Morgan fingerprint density at radius 2 is 2.07 bits per heavy atom. The number of halogens is 2. The van der Waals surface area contributed by atoms with E-state index in [4.69, 9.17) is 4.74 Å². The van der Waals surface area contributed by atoms with Crippen molar-refractivity contribution in [2.45, 2.75) is 44.8 Å². The molecule has 2 aromatic rings. The normalized spacial score (nSPS) is 17.6. The van der Waals surface area contributed by atoms with Gasteiger partial charge < -0.3 is 10.1 Å². The van der Waals surface area contributed by atoms with Crippen LogP contribution in [0, 0.1) is 11.6 Å². The number of nitrogens with zero attached hydrogens (tertiary/aromatic N) is 3. The predicted octanol–water partition coefficient (Wildman–Crippen LogP) is 2.38. The Bertz CT molecular complexity index is 828. The van der Waals surface area contributed by atoms with Gasteiger partial charge in [-0.15, -0.1) is 0 Å². The Morgan fingerprint density at radius 1 is 1.31 bits per heavy atom. The van der Waals surface area contributed by atoms with E-state index in [-0.39, 0.29) is 17.7 Å². The maximum atomic E-state index is 15.2. The van der Waals surface area contributed by atoms with Gasteiger partial charge in [0, 0.05) is 43.7 Å². The van der Waals surface area contributed by atoms with Crippen LogP contribution >= 0.6 is 0 Å². The standard InChI is InChI=1S/C19H27F2N5O2S/c1-3-6-26(29(2)27)12-14-9-17(21)15(10-16(14)20)19(4-7-28-8-5-19)23-11-18-22-13-24-25-18/h9-10,13,23H,3-8,11-12H2,1-2H3,(H,22,24,25). The molecule has 7 nitrogen and oxygen atoms in total. The van der Waals surface area contributed by atoms with Crippen molar-refractivity contribution in [3.63, 3.8) is 0 Å². The van der Waals surface area contributed by atoms with Crippen LogP contribution in [0.1, 0.15) is 43.1 Å². The molecule has 0 spiro atoms. The van der Waals surface area contributed by atoms with Crippen molar-refractivity contribution in [2.24, 2.45) is 0 Å². The molecule has 2 heterocycles. The summed E-state index contributed by atoms with van der Waals surface area (Å²) in [7, 11) is -1.26. The lowest BCUT2D eigenvalue weighted by Gasteiger charge is -2.39. The van der Waals surface area contributed by atoms with Gasteiger partial charge in [0.15, 0.2) is 0 Å². The van der Waals surface area contributed by atoms with Gasteiger partial charge in [0.25, 0.3) is 0 Å². The molecule has 0 saturated carbocycles. The van der Waals surface area contributed by atoms with Crippen molar-refractivity contribution < 1.29 is 17.7 Å². The van der Waals surface area contributed by atoms with E-state index in [0.717, 1.165) is 6.42 Å². The fourth-order valence-corrected chi connectivity index (χ4v) is 4.40. The second-order valence-corrected chi connectivity index (χ2v) is 8.55. The molecule has 1 aliphatic heterocycles. The van der Waals surface area contributed by atoms with Gasteiger partial charge in [-0.1, -0.05) is 6.92 Å². The summed E-state index contributed by atoms with van der Waals surface area (Å²) in [6.45, 7) is 3.85. The molecule has 160 valence electrons. The van der Waals surface area contributed by atoms with Crippen LogP contribution in [0.3, 0.4) is 0 Å². The molecule has 1 saturated heterocycles. The molecule has 1 aliphatic rings. The molecule has 0 radical (unpaired) electrons. The molecular weight excluding hydrogens is 400 g/mol. The number of benzene rings is 1. The average Bonchev–Trinajstić information content (AvgIpc) is 3.23. The van der Waals surface area contributed by atoms with Crippen LogP contribution in [0.25, 0.3) is 0 Å². The molecule has 1 fully saturated rings. The third kappa shape index (κ3) is 5.25. The van der Waals surface area contributed by atoms with Crippen molar-refractivity contribution in [2.75, 3.05) is 26.0 Å². The number of hydrogen-bond donors (Lipinski definition) is 2. The van der Waals surface area contributed by atoms with Gasteiger partial charge in [-0.25, -0.2) is 22.3 Å². The fraction of sp³-hybridized carbons (Fsp3) is 0.579. The Kier molecular flexibility index (Phi) is 7.44. The van der Waals surface area contributed by atoms with E-state index in [9.17, 15) is 8.60 Å². The van der Waals surface area contributed by atoms with E-state index in [0.29, 0.717) is 45.0 Å². The highest BCUT2D eigenvalue weighted by Gasteiger charge is 2.37. The summed E-state index contributed by atoms with van der Waals surface area (Å²) < 4.78 is 49.1. The van der Waals surface area contributed by atoms with Gasteiger partial charge in [-0.2, -0.15) is 5.10 Å². The molecule has 29 heavy (non-hydrogen) atoms. The summed E-state index contributed by atoms with van der Waals surface area (Å²) in [5.41, 5.74) is -0.279. The lowest BCUT2D eigenvalue weighted by atomic mass is 9.81. The zero-order valence-corrected chi connectivity index (χ0v) is 17.5. The minimum Gasteiger partial charge on any atom is -0.381 e. The minimum absolute atomic E-state index is 0.0988. The number of aromatic nitrogens is 3. The maximum Gasteiger partial charge on any atom is 0.138 e. The largest absolute Gasteiger partial charge is 0.381 e. The fourth-order valence-electron chi connectivity index (χ4n) is 3.64. The van der Waals surface area contributed by atoms with Crippen LogP contribution in [0.5, 0.6) is 0 Å². The van der Waals surface area contributed by atoms with Crippen molar-refractivity contribution in [1.82, 2.24) is 24.8 Å². The molecule has 10 heteroatoms. The molecule has 1 aromatic carbocycles. The summed E-state index contributed by atoms with van der Waals surface area (Å²) in [6, 6.07) is 2.50. The van der Waals surface area contributed by atoms with E-state index in [2.05, 4.69) is 20.5 Å². The van der Waals surface area contributed by atoms with Crippen molar-refractivity contribution >= 4 is 11.0 Å². The maximum absolute atomic E-state index is 15.2. The third-order valence-corrected chi connectivity index (χ3v) is 6.28. The number of ether oxygens (including phenoxy) is 1. The quantitative estimate of drug-likeness (QED) is 0.642. The zero-order valence-electron chi connectivity index (χ0n) is 16.7. The second kappa shape index (κ2) is 9.84. The van der Waals surface area contributed by atoms with Crippen molar-refractivity contribution in [3.05, 3.63) is 47.0 Å². The molecule has 2 N–H and O–H groups in total. The average molecular weight is 428 g/mol. The molecular formula is C19H27F2N5O2S. The molecule has 0 bridgehead atoms. The summed E-state index contributed by atoms with van der Waals surface area (Å²) >= 11 is 0. The van der Waals surface area contributed by atoms with Gasteiger partial charge in [-0.3, -0.25) is 5.10 Å². The second-order valence-electron chi connectivity index (χ2n) is 7.19. The Labute approximate surface area is 171 Å². The number of H-pyrrole nitrogens is 1. The van der Waals surface area contributed by atoms with Gasteiger partial charge in [0.1, 0.15) is 23.8 Å². The smallest absolute Gasteiger partial charge is 0.138 e. The molecule has 1 aromatic heterocycles. The van der Waals surface area contributed by atoms with Crippen LogP contribution in [-0.4, -0.2) is 49.7 Å². The Morgan fingerprint density at radius 3 is 2.69 bits per heavy atom. The Hall–Kier alpha value is -1.75. The summed E-state index contributed by atoms with van der Waals surface area (Å²) in [4.78, 5) is 4.08. The van der Waals surface area contributed by atoms with E-state index < -0.39 is 28.2 Å². The van der Waals surface area contributed by atoms with Crippen molar-refractivity contribution in [3.8, 4) is 0 Å². The zero-order chi connectivity index (χ0) is 20.9. The molecule has 0 aliphatic carbocycles. The van der Waals surface area contributed by atoms with Crippen molar-refractivity contribution in [1.29, 1.82) is 0 Å². The Balaban J connectivity index is 1.88.